The van der Waals surface area contributed by atoms with Crippen LogP contribution in [-0.4, -0.2) is 0 Å². The zero-order valence-electron chi connectivity index (χ0n) is 4.91. The third kappa shape index (κ3) is 5.74. The summed E-state index contributed by atoms with van der Waals surface area (Å²) in [5, 5.41) is 0. The molecule has 0 heteroatoms. The van der Waals surface area contributed by atoms with E-state index in [0.717, 1.165) is 12.8 Å². The molecule has 0 N–H and O–H groups in total. The maximum atomic E-state index is 3.60. The molecule has 0 heterocycles. The quantitative estimate of drug-likeness (QED) is 0.372. The predicted octanol–water partition coefficient (Wildman–Crippen LogP) is 2.44. The summed E-state index contributed by atoms with van der Waals surface area (Å²) in [7, 11) is 0. The molecular formula is C7H12. The fourth-order valence-electron chi connectivity index (χ4n) is 0.423. The average molecular weight is 96.2 g/mol. The van der Waals surface area contributed by atoms with Gasteiger partial charge in [-0.25, -0.2) is 0 Å². The van der Waals surface area contributed by atoms with Crippen LogP contribution in [0, 0.1) is 6.42 Å². The predicted molar refractivity (Wildman–Crippen MR) is 33.0 cm³/mol. The largest absolute Gasteiger partial charge is 0.103 e. The van der Waals surface area contributed by atoms with Gasteiger partial charge >= 0.3 is 0 Å². The number of hydrogen-bond acceptors (Lipinski definition) is 0. The van der Waals surface area contributed by atoms with Crippen molar-refractivity contribution in [2.45, 2.75) is 26.2 Å². The van der Waals surface area contributed by atoms with E-state index in [9.17, 15) is 0 Å². The number of rotatable bonds is 4. The lowest BCUT2D eigenvalue weighted by Crippen LogP contribution is -1.68. The molecule has 0 rings (SSSR count). The Morgan fingerprint density at radius 1 is 1.71 bits per heavy atom. The lowest BCUT2D eigenvalue weighted by Gasteiger charge is -1.87. The van der Waals surface area contributed by atoms with Gasteiger partial charge in [-0.3, -0.25) is 0 Å². The highest BCUT2D eigenvalue weighted by Crippen LogP contribution is 1.96. The number of unbranched alkanes of at least 4 members (excludes halogenated alkanes) is 3. The first-order valence-corrected chi connectivity index (χ1v) is 2.67. The van der Waals surface area contributed by atoms with Gasteiger partial charge in [-0.05, 0) is 25.7 Å². The summed E-state index contributed by atoms with van der Waals surface area (Å²) in [4.78, 5) is 0. The molecule has 0 aromatic rings. The molecule has 0 saturated heterocycles. The van der Waals surface area contributed by atoms with E-state index in [1.807, 2.05) is 13.0 Å². The second kappa shape index (κ2) is 5.74. The lowest BCUT2D eigenvalue weighted by atomic mass is 10.2. The summed E-state index contributed by atoms with van der Waals surface area (Å²) < 4.78 is 0. The first-order chi connectivity index (χ1) is 3.41. The molecule has 0 nitrogen and oxygen atoms in total. The molecule has 0 amide bonds. The van der Waals surface area contributed by atoms with Gasteiger partial charge in [-0.1, -0.05) is 13.0 Å². The summed E-state index contributed by atoms with van der Waals surface area (Å²) in [5.74, 6) is 0. The zero-order valence-corrected chi connectivity index (χ0v) is 4.91. The van der Waals surface area contributed by atoms with Gasteiger partial charge in [-0.15, -0.1) is 6.58 Å². The zero-order chi connectivity index (χ0) is 5.54. The van der Waals surface area contributed by atoms with Gasteiger partial charge < -0.3 is 0 Å². The Morgan fingerprint density at radius 2 is 2.43 bits per heavy atom. The molecule has 0 atom stereocenters. The minimum atomic E-state index is 1.10. The fraction of sp³-hybridized carbons (Fsp3) is 0.571. The Kier molecular flexibility index (Phi) is 5.53. The van der Waals surface area contributed by atoms with Crippen LogP contribution in [-0.2, 0) is 0 Å². The smallest absolute Gasteiger partial charge is 0.0207 e. The van der Waals surface area contributed by atoms with Crippen LogP contribution in [0.25, 0.3) is 0 Å². The van der Waals surface area contributed by atoms with Crippen molar-refractivity contribution in [1.82, 2.24) is 0 Å². The van der Waals surface area contributed by atoms with Gasteiger partial charge in [0.05, 0.1) is 0 Å². The van der Waals surface area contributed by atoms with Gasteiger partial charge in [0.25, 0.3) is 0 Å². The lowest BCUT2D eigenvalue weighted by molar-refractivity contribution is 0.829. The van der Waals surface area contributed by atoms with E-state index in [0.29, 0.717) is 0 Å². The average Bonchev–Trinajstić information content (AvgIpc) is 1.69. The topological polar surface area (TPSA) is 0 Å². The first-order valence-electron chi connectivity index (χ1n) is 2.67. The molecule has 0 bridgehead atoms. The van der Waals surface area contributed by atoms with Crippen LogP contribution in [0.2, 0.25) is 0 Å². The second-order valence-electron chi connectivity index (χ2n) is 1.53. The second-order valence-corrected chi connectivity index (χ2v) is 1.53. The van der Waals surface area contributed by atoms with Crippen molar-refractivity contribution in [3.05, 3.63) is 19.1 Å². The monoisotopic (exact) mass is 96.1 g/mol. The first kappa shape index (κ1) is 6.74. The van der Waals surface area contributed by atoms with Gasteiger partial charge in [0, 0.05) is 0 Å². The van der Waals surface area contributed by atoms with Crippen LogP contribution in [0.3, 0.4) is 0 Å². The molecule has 2 radical (unpaired) electrons. The van der Waals surface area contributed by atoms with Crippen LogP contribution in [0.15, 0.2) is 12.7 Å². The SMILES string of the molecule is C=CCCC[C]C. The van der Waals surface area contributed by atoms with Crippen molar-refractivity contribution in [3.8, 4) is 0 Å². The van der Waals surface area contributed by atoms with E-state index >= 15 is 0 Å². The van der Waals surface area contributed by atoms with Crippen molar-refractivity contribution in [2.75, 3.05) is 0 Å². The highest BCUT2D eigenvalue weighted by Gasteiger charge is 1.78. The van der Waals surface area contributed by atoms with Crippen molar-refractivity contribution in [2.24, 2.45) is 0 Å². The molecule has 0 aliphatic heterocycles. The third-order valence-corrected chi connectivity index (χ3v) is 0.835. The maximum Gasteiger partial charge on any atom is -0.0207 e. The fourth-order valence-corrected chi connectivity index (χ4v) is 0.423. The molecule has 0 aliphatic carbocycles. The summed E-state index contributed by atoms with van der Waals surface area (Å²) >= 11 is 0. The molecule has 0 fully saturated rings. The molecule has 0 aromatic carbocycles. The normalized spacial score (nSPS) is 8.71. The van der Waals surface area contributed by atoms with Gasteiger partial charge in [0.2, 0.25) is 0 Å². The minimum absolute atomic E-state index is 1.10. The van der Waals surface area contributed by atoms with Gasteiger partial charge in [0.1, 0.15) is 0 Å². The molecule has 0 unspecified atom stereocenters. The molecule has 0 saturated carbocycles. The summed E-state index contributed by atoms with van der Waals surface area (Å²) in [5.41, 5.74) is 0. The summed E-state index contributed by atoms with van der Waals surface area (Å²) in [6, 6.07) is 0. The standard InChI is InChI=1S/C7H12/c1-3-5-7-6-4-2/h3H,1,5-7H2,2H3. The Balaban J connectivity index is 2.56. The van der Waals surface area contributed by atoms with E-state index < -0.39 is 0 Å². The Hall–Kier alpha value is -0.260. The molecule has 0 spiro atoms. The highest BCUT2D eigenvalue weighted by atomic mass is 13.8. The van der Waals surface area contributed by atoms with Crippen LogP contribution < -0.4 is 0 Å². The van der Waals surface area contributed by atoms with Crippen molar-refractivity contribution in [3.63, 3.8) is 0 Å². The van der Waals surface area contributed by atoms with Crippen LogP contribution >= 0.6 is 0 Å². The van der Waals surface area contributed by atoms with Crippen LogP contribution in [0.1, 0.15) is 26.2 Å². The van der Waals surface area contributed by atoms with E-state index in [4.69, 9.17) is 0 Å². The maximum absolute atomic E-state index is 3.60. The number of hydrogen-bond donors (Lipinski definition) is 0. The molecular weight excluding hydrogens is 84.1 g/mol. The Bertz CT molecular complexity index is 37.3. The number of allylic oxidation sites excluding steroid dienone is 1. The van der Waals surface area contributed by atoms with Crippen molar-refractivity contribution >= 4 is 0 Å². The van der Waals surface area contributed by atoms with E-state index in [1.165, 1.54) is 6.42 Å². The van der Waals surface area contributed by atoms with Crippen LogP contribution in [0.4, 0.5) is 0 Å². The third-order valence-electron chi connectivity index (χ3n) is 0.835. The van der Waals surface area contributed by atoms with E-state index in [2.05, 4.69) is 13.0 Å². The van der Waals surface area contributed by atoms with E-state index in [-0.39, 0.29) is 0 Å². The Morgan fingerprint density at radius 3 is 2.86 bits per heavy atom. The van der Waals surface area contributed by atoms with Crippen molar-refractivity contribution < 1.29 is 0 Å². The Labute approximate surface area is 46.2 Å². The highest BCUT2D eigenvalue weighted by molar-refractivity contribution is 4.67. The molecule has 7 heavy (non-hydrogen) atoms. The molecule has 0 aliphatic rings. The minimum Gasteiger partial charge on any atom is -0.103 e. The van der Waals surface area contributed by atoms with Gasteiger partial charge in [0.15, 0.2) is 0 Å². The molecule has 0 aromatic heterocycles. The van der Waals surface area contributed by atoms with E-state index in [1.54, 1.807) is 0 Å². The van der Waals surface area contributed by atoms with Crippen LogP contribution in [0.5, 0.6) is 0 Å². The summed E-state index contributed by atoms with van der Waals surface area (Å²) in [6.07, 6.45) is 8.43. The van der Waals surface area contributed by atoms with Gasteiger partial charge in [-0.2, -0.15) is 0 Å². The van der Waals surface area contributed by atoms with Crippen molar-refractivity contribution in [1.29, 1.82) is 0 Å². The summed E-state index contributed by atoms with van der Waals surface area (Å²) in [6.45, 7) is 5.57. The molecule has 40 valence electrons.